The van der Waals surface area contributed by atoms with E-state index in [1.165, 1.54) is 0 Å². The average Bonchev–Trinajstić information content (AvgIpc) is 2.71. The molecule has 3 atom stereocenters. The lowest BCUT2D eigenvalue weighted by Gasteiger charge is -2.38. The number of nitrogens with one attached hydrogen (secondary N) is 1. The summed E-state index contributed by atoms with van der Waals surface area (Å²) in [5.41, 5.74) is -1.73. The molecule has 1 saturated heterocycles. The molecule has 0 aromatic rings. The smallest absolute Gasteiger partial charge is 0.317 e. The lowest BCUT2D eigenvalue weighted by Crippen LogP contribution is -2.56. The Hall–Kier alpha value is -1.30. The Kier molecular flexibility index (Phi) is 3.95. The quantitative estimate of drug-likeness (QED) is 0.710. The van der Waals surface area contributed by atoms with Crippen LogP contribution < -0.4 is 5.32 Å². The van der Waals surface area contributed by atoms with Gasteiger partial charge in [0.15, 0.2) is 0 Å². The van der Waals surface area contributed by atoms with Crippen LogP contribution in [0.1, 0.15) is 46.0 Å². The van der Waals surface area contributed by atoms with Gasteiger partial charge < -0.3 is 20.4 Å². The Balaban J connectivity index is 1.99. The fraction of sp³-hybridized carbons (Fsp3) is 0.857. The Bertz CT molecular complexity index is 410. The third-order valence-electron chi connectivity index (χ3n) is 4.71. The molecule has 2 rings (SSSR count). The first-order chi connectivity index (χ1) is 9.24. The molecule has 0 radical (unpaired) electrons. The van der Waals surface area contributed by atoms with E-state index in [0.717, 1.165) is 12.8 Å². The summed E-state index contributed by atoms with van der Waals surface area (Å²) < 4.78 is 0. The maximum atomic E-state index is 12.3. The number of likely N-dealkylation sites (tertiary alicyclic amines) is 1. The summed E-state index contributed by atoms with van der Waals surface area (Å²) in [4.78, 5) is 25.2. The van der Waals surface area contributed by atoms with Crippen LogP contribution in [0.2, 0.25) is 0 Å². The SMILES string of the molecule is CC1(O)CCCN(C(=O)NC2CCCC2(C)C(=O)O)C1. The van der Waals surface area contributed by atoms with Gasteiger partial charge in [0.25, 0.3) is 0 Å². The molecule has 6 nitrogen and oxygen atoms in total. The number of aliphatic carboxylic acids is 1. The number of piperidine rings is 1. The van der Waals surface area contributed by atoms with E-state index in [1.54, 1.807) is 18.7 Å². The molecular weight excluding hydrogens is 260 g/mol. The topological polar surface area (TPSA) is 89.9 Å². The molecule has 3 N–H and O–H groups in total. The summed E-state index contributed by atoms with van der Waals surface area (Å²) in [5, 5.41) is 22.2. The van der Waals surface area contributed by atoms with E-state index in [0.29, 0.717) is 32.4 Å². The minimum atomic E-state index is -0.881. The summed E-state index contributed by atoms with van der Waals surface area (Å²) in [5.74, 6) is -0.856. The van der Waals surface area contributed by atoms with E-state index < -0.39 is 17.0 Å². The molecule has 0 spiro atoms. The number of β-amino-alcohol motifs (C(OH)–C–C–N with tert-alkyl or cyclic N) is 1. The Morgan fingerprint density at radius 2 is 1.95 bits per heavy atom. The van der Waals surface area contributed by atoms with E-state index in [4.69, 9.17) is 0 Å². The van der Waals surface area contributed by atoms with E-state index in [9.17, 15) is 19.8 Å². The highest BCUT2D eigenvalue weighted by atomic mass is 16.4. The minimum Gasteiger partial charge on any atom is -0.481 e. The van der Waals surface area contributed by atoms with Gasteiger partial charge in [0.2, 0.25) is 0 Å². The Morgan fingerprint density at radius 3 is 2.55 bits per heavy atom. The van der Waals surface area contributed by atoms with Crippen molar-refractivity contribution in [2.75, 3.05) is 13.1 Å². The van der Waals surface area contributed by atoms with Crippen molar-refractivity contribution in [2.45, 2.75) is 57.6 Å². The van der Waals surface area contributed by atoms with Gasteiger partial charge in [0, 0.05) is 12.6 Å². The Labute approximate surface area is 119 Å². The first kappa shape index (κ1) is 15.1. The number of nitrogens with zero attached hydrogens (tertiary/aromatic N) is 1. The van der Waals surface area contributed by atoms with Crippen LogP contribution in [0.3, 0.4) is 0 Å². The molecule has 3 unspecified atom stereocenters. The van der Waals surface area contributed by atoms with Gasteiger partial charge in [-0.15, -0.1) is 0 Å². The van der Waals surface area contributed by atoms with Crippen LogP contribution in [-0.2, 0) is 4.79 Å². The number of urea groups is 1. The molecule has 2 fully saturated rings. The van der Waals surface area contributed by atoms with Gasteiger partial charge in [-0.1, -0.05) is 6.42 Å². The summed E-state index contributed by atoms with van der Waals surface area (Å²) >= 11 is 0. The molecule has 2 amide bonds. The van der Waals surface area contributed by atoms with Crippen molar-refractivity contribution in [3.63, 3.8) is 0 Å². The standard InChI is InChI=1S/C14H24N2O4/c1-13(20)6-4-8-16(9-13)12(19)15-10-5-3-7-14(10,2)11(17)18/h10,20H,3-9H2,1-2H3,(H,15,19)(H,17,18). The third kappa shape index (κ3) is 2.90. The van der Waals surface area contributed by atoms with Crippen LogP contribution in [0.4, 0.5) is 4.79 Å². The van der Waals surface area contributed by atoms with E-state index in [2.05, 4.69) is 5.32 Å². The molecule has 1 saturated carbocycles. The number of aliphatic hydroxyl groups is 1. The average molecular weight is 284 g/mol. The molecular formula is C14H24N2O4. The minimum absolute atomic E-state index is 0.260. The second-order valence-electron chi connectivity index (χ2n) is 6.64. The number of amides is 2. The van der Waals surface area contributed by atoms with Crippen molar-refractivity contribution in [1.29, 1.82) is 0 Å². The van der Waals surface area contributed by atoms with Crippen LogP contribution in [0, 0.1) is 5.41 Å². The van der Waals surface area contributed by atoms with Crippen molar-refractivity contribution in [1.82, 2.24) is 10.2 Å². The number of rotatable bonds is 2. The van der Waals surface area contributed by atoms with Gasteiger partial charge in [-0.2, -0.15) is 0 Å². The largest absolute Gasteiger partial charge is 0.481 e. The first-order valence-electron chi connectivity index (χ1n) is 7.26. The van der Waals surface area contributed by atoms with Gasteiger partial charge >= 0.3 is 12.0 Å². The molecule has 0 aromatic carbocycles. The number of hydrogen-bond donors (Lipinski definition) is 3. The molecule has 0 bridgehead atoms. The second-order valence-corrected chi connectivity index (χ2v) is 6.64. The second kappa shape index (κ2) is 5.24. The fourth-order valence-electron chi connectivity index (χ4n) is 3.29. The Morgan fingerprint density at radius 1 is 1.25 bits per heavy atom. The van der Waals surface area contributed by atoms with Crippen LogP contribution in [0.25, 0.3) is 0 Å². The number of carbonyl (C=O) groups excluding carboxylic acids is 1. The number of carbonyl (C=O) groups is 2. The van der Waals surface area contributed by atoms with Crippen molar-refractivity contribution >= 4 is 12.0 Å². The van der Waals surface area contributed by atoms with E-state index in [1.807, 2.05) is 0 Å². The monoisotopic (exact) mass is 284 g/mol. The summed E-state index contributed by atoms with van der Waals surface area (Å²) in [6.07, 6.45) is 3.55. The molecule has 2 aliphatic rings. The summed E-state index contributed by atoms with van der Waals surface area (Å²) in [6, 6.07) is -0.594. The van der Waals surface area contributed by atoms with Crippen molar-refractivity contribution < 1.29 is 19.8 Å². The number of hydrogen-bond acceptors (Lipinski definition) is 3. The molecule has 114 valence electrons. The zero-order valence-electron chi connectivity index (χ0n) is 12.2. The lowest BCUT2D eigenvalue weighted by molar-refractivity contribution is -0.148. The number of carboxylic acids is 1. The normalized spacial score (nSPS) is 37.8. The van der Waals surface area contributed by atoms with Crippen LogP contribution in [0.15, 0.2) is 0 Å². The van der Waals surface area contributed by atoms with E-state index >= 15 is 0 Å². The third-order valence-corrected chi connectivity index (χ3v) is 4.71. The number of carboxylic acid groups (broad SMARTS) is 1. The first-order valence-corrected chi connectivity index (χ1v) is 7.26. The van der Waals surface area contributed by atoms with Gasteiger partial charge in [0.05, 0.1) is 17.6 Å². The highest BCUT2D eigenvalue weighted by Crippen LogP contribution is 2.38. The van der Waals surface area contributed by atoms with E-state index in [-0.39, 0.29) is 12.1 Å². The highest BCUT2D eigenvalue weighted by molar-refractivity contribution is 5.79. The van der Waals surface area contributed by atoms with Gasteiger partial charge in [-0.25, -0.2) is 4.79 Å². The van der Waals surface area contributed by atoms with Gasteiger partial charge in [-0.05, 0) is 39.5 Å². The van der Waals surface area contributed by atoms with Crippen molar-refractivity contribution in [2.24, 2.45) is 5.41 Å². The predicted octanol–water partition coefficient (Wildman–Crippen LogP) is 1.19. The summed E-state index contributed by atoms with van der Waals surface area (Å²) in [7, 11) is 0. The molecule has 1 aliphatic carbocycles. The van der Waals surface area contributed by atoms with Gasteiger partial charge in [0.1, 0.15) is 0 Å². The molecule has 6 heteroatoms. The summed E-state index contributed by atoms with van der Waals surface area (Å²) in [6.45, 7) is 4.33. The van der Waals surface area contributed by atoms with Crippen LogP contribution >= 0.6 is 0 Å². The molecule has 20 heavy (non-hydrogen) atoms. The van der Waals surface area contributed by atoms with Crippen LogP contribution in [-0.4, -0.2) is 51.8 Å². The van der Waals surface area contributed by atoms with Gasteiger partial charge in [-0.3, -0.25) is 4.79 Å². The highest BCUT2D eigenvalue weighted by Gasteiger charge is 2.46. The molecule has 0 aromatic heterocycles. The molecule has 1 aliphatic heterocycles. The lowest BCUT2D eigenvalue weighted by atomic mass is 9.85. The predicted molar refractivity (Wildman–Crippen MR) is 73.3 cm³/mol. The zero-order chi connectivity index (χ0) is 15.0. The van der Waals surface area contributed by atoms with Crippen LogP contribution in [0.5, 0.6) is 0 Å². The van der Waals surface area contributed by atoms with Crippen molar-refractivity contribution in [3.05, 3.63) is 0 Å². The molecule has 1 heterocycles. The van der Waals surface area contributed by atoms with Crippen molar-refractivity contribution in [3.8, 4) is 0 Å². The zero-order valence-corrected chi connectivity index (χ0v) is 12.2. The maximum absolute atomic E-state index is 12.3. The maximum Gasteiger partial charge on any atom is 0.317 e. The fourth-order valence-corrected chi connectivity index (χ4v) is 3.29.